The van der Waals surface area contributed by atoms with Crippen LogP contribution in [0.15, 0.2) is 77.8 Å². The van der Waals surface area contributed by atoms with Crippen LogP contribution in [0, 0.1) is 6.92 Å². The molecule has 1 atom stereocenters. The van der Waals surface area contributed by atoms with Gasteiger partial charge < -0.3 is 26.2 Å². The van der Waals surface area contributed by atoms with Crippen molar-refractivity contribution in [2.24, 2.45) is 0 Å². The molecule has 0 radical (unpaired) electrons. The van der Waals surface area contributed by atoms with E-state index >= 15 is 0 Å². The highest BCUT2D eigenvalue weighted by Gasteiger charge is 2.44. The van der Waals surface area contributed by atoms with E-state index in [0.29, 0.717) is 49.2 Å². The third kappa shape index (κ3) is 10.5. The molecule has 18 nitrogen and oxygen atoms in total. The number of piperazine rings is 1. The third-order valence-electron chi connectivity index (χ3n) is 10.5. The molecule has 6 N–H and O–H groups in total. The average Bonchev–Trinajstić information content (AvgIpc) is 3.46. The molecule has 4 heterocycles. The number of aryl methyl sites for hydroxylation is 1. The molecule has 5 amide bonds. The zero-order valence-corrected chi connectivity index (χ0v) is 35.9. The van der Waals surface area contributed by atoms with E-state index in [2.05, 4.69) is 51.1 Å². The Labute approximate surface area is 360 Å². The summed E-state index contributed by atoms with van der Waals surface area (Å²) < 4.78 is 28.5. The van der Waals surface area contributed by atoms with Crippen LogP contribution in [0.3, 0.4) is 0 Å². The monoisotopic (exact) mass is 865 g/mol. The van der Waals surface area contributed by atoms with Crippen molar-refractivity contribution in [2.75, 3.05) is 66.7 Å². The minimum absolute atomic E-state index is 0.0586. The Morgan fingerprint density at radius 2 is 1.58 bits per heavy atom. The van der Waals surface area contributed by atoms with Crippen molar-refractivity contribution in [3.05, 3.63) is 89.6 Å². The maximum atomic E-state index is 13.1. The molecule has 19 heteroatoms. The molecule has 2 saturated heterocycles. The summed E-state index contributed by atoms with van der Waals surface area (Å²) in [4.78, 5) is 77.2. The van der Waals surface area contributed by atoms with Crippen molar-refractivity contribution >= 4 is 74.1 Å². The Kier molecular flexibility index (Phi) is 12.9. The number of hydrogen-bond donors (Lipinski definition) is 6. The molecule has 3 aliphatic heterocycles. The number of imide groups is 2. The normalized spacial score (nSPS) is 17.1. The fraction of sp³-hybridized carbons (Fsp3) is 0.372. The number of benzene rings is 3. The molecular weight excluding hydrogens is 815 g/mol. The van der Waals surface area contributed by atoms with Crippen molar-refractivity contribution < 1.29 is 32.4 Å². The molecule has 0 spiro atoms. The van der Waals surface area contributed by atoms with Crippen LogP contribution >= 0.6 is 0 Å². The number of anilines is 6. The molecule has 7 rings (SSSR count). The summed E-state index contributed by atoms with van der Waals surface area (Å²) in [5.74, 6) is -1.33. The van der Waals surface area contributed by atoms with Gasteiger partial charge in [0.05, 0.1) is 22.6 Å². The van der Waals surface area contributed by atoms with E-state index in [4.69, 9.17) is 0 Å². The lowest BCUT2D eigenvalue weighted by atomic mass is 10.0. The number of fused-ring (bicyclic) bond motifs is 1. The average molecular weight is 866 g/mol. The second kappa shape index (κ2) is 18.3. The molecule has 326 valence electrons. The molecule has 1 aromatic heterocycles. The van der Waals surface area contributed by atoms with E-state index < -0.39 is 45.2 Å². The van der Waals surface area contributed by atoms with Gasteiger partial charge >= 0.3 is 0 Å². The maximum absolute atomic E-state index is 13.1. The van der Waals surface area contributed by atoms with Gasteiger partial charge in [0.25, 0.3) is 11.8 Å². The smallest absolute Gasteiger partial charge is 0.262 e. The van der Waals surface area contributed by atoms with E-state index in [9.17, 15) is 32.4 Å². The fourth-order valence-corrected chi connectivity index (χ4v) is 8.87. The molecule has 3 aliphatic rings. The van der Waals surface area contributed by atoms with Crippen LogP contribution in [0.1, 0.15) is 66.3 Å². The number of amides is 5. The molecule has 1 unspecified atom stereocenters. The number of nitrogens with one attached hydrogen (secondary N) is 6. The van der Waals surface area contributed by atoms with Crippen LogP contribution < -0.4 is 36.2 Å². The van der Waals surface area contributed by atoms with Gasteiger partial charge in [0.2, 0.25) is 33.7 Å². The highest BCUT2D eigenvalue weighted by molar-refractivity contribution is 7.89. The Bertz CT molecular complexity index is 2480. The number of carbonyl (C=O) groups excluding carboxylic acids is 5. The lowest BCUT2D eigenvalue weighted by Crippen LogP contribution is -2.54. The summed E-state index contributed by atoms with van der Waals surface area (Å²) >= 11 is 0. The largest absolute Gasteiger partial charge is 0.385 e. The minimum Gasteiger partial charge on any atom is -0.385 e. The first-order chi connectivity index (χ1) is 29.5. The summed E-state index contributed by atoms with van der Waals surface area (Å²) in [5.41, 5.74) is 3.65. The minimum atomic E-state index is -3.71. The highest BCUT2D eigenvalue weighted by atomic mass is 32.2. The topological polar surface area (TPSA) is 227 Å². The summed E-state index contributed by atoms with van der Waals surface area (Å²) in [7, 11) is -3.71. The molecule has 0 saturated carbocycles. The van der Waals surface area contributed by atoms with E-state index in [1.165, 1.54) is 0 Å². The van der Waals surface area contributed by atoms with E-state index in [1.807, 2.05) is 31.2 Å². The molecular formula is C43H51N11O7S. The van der Waals surface area contributed by atoms with Crippen LogP contribution in [0.2, 0.25) is 0 Å². The van der Waals surface area contributed by atoms with E-state index in [1.54, 1.807) is 69.4 Å². The zero-order valence-electron chi connectivity index (χ0n) is 35.1. The number of nitrogens with zero attached hydrogens (tertiary/aromatic N) is 5. The van der Waals surface area contributed by atoms with Gasteiger partial charge in [0.15, 0.2) is 0 Å². The first-order valence-electron chi connectivity index (χ1n) is 20.5. The lowest BCUT2D eigenvalue weighted by Gasteiger charge is -2.35. The maximum Gasteiger partial charge on any atom is 0.262 e. The number of piperidine rings is 1. The summed E-state index contributed by atoms with van der Waals surface area (Å²) in [6.45, 7) is 11.5. The highest BCUT2D eigenvalue weighted by Crippen LogP contribution is 2.30. The second-order valence-electron chi connectivity index (χ2n) is 16.5. The van der Waals surface area contributed by atoms with Gasteiger partial charge in [-0.15, -0.1) is 0 Å². The number of carbonyl (C=O) groups is 5. The van der Waals surface area contributed by atoms with Gasteiger partial charge in [-0.3, -0.25) is 39.1 Å². The molecule has 3 aromatic carbocycles. The van der Waals surface area contributed by atoms with Crippen molar-refractivity contribution in [1.82, 2.24) is 35.1 Å². The SMILES string of the molecule is Cc1cnc(Nc2ccc(N3CCN(CC(=O)NCCCNc4ccc5c(c4)C(=O)N(C4CCC(=O)NC4=O)C5=O)CC3)cc2)nc1Nc1cccc(S(=O)(=O)NC(C)(C)C)c1. The fourth-order valence-electron chi connectivity index (χ4n) is 7.41. The zero-order chi connectivity index (χ0) is 44.2. The van der Waals surface area contributed by atoms with Crippen LogP contribution in [0.4, 0.5) is 34.5 Å². The van der Waals surface area contributed by atoms with Crippen LogP contribution in [-0.2, 0) is 24.4 Å². The predicted molar refractivity (Wildman–Crippen MR) is 234 cm³/mol. The third-order valence-corrected chi connectivity index (χ3v) is 12.2. The Morgan fingerprint density at radius 3 is 2.31 bits per heavy atom. The van der Waals surface area contributed by atoms with Gasteiger partial charge in [-0.1, -0.05) is 6.07 Å². The van der Waals surface area contributed by atoms with Crippen molar-refractivity contribution in [2.45, 2.75) is 63.4 Å². The molecule has 62 heavy (non-hydrogen) atoms. The van der Waals surface area contributed by atoms with Crippen LogP contribution in [0.5, 0.6) is 0 Å². The van der Waals surface area contributed by atoms with Crippen LogP contribution in [-0.4, -0.2) is 115 Å². The van der Waals surface area contributed by atoms with Crippen molar-refractivity contribution in [1.29, 1.82) is 0 Å². The summed E-state index contributed by atoms with van der Waals surface area (Å²) in [6.07, 6.45) is 2.48. The number of hydrogen-bond acceptors (Lipinski definition) is 14. The predicted octanol–water partition coefficient (Wildman–Crippen LogP) is 3.49. The van der Waals surface area contributed by atoms with Crippen molar-refractivity contribution in [3.63, 3.8) is 0 Å². The first kappa shape index (κ1) is 43.6. The van der Waals surface area contributed by atoms with E-state index in [-0.39, 0.29) is 34.8 Å². The molecule has 0 aliphatic carbocycles. The van der Waals surface area contributed by atoms with Gasteiger partial charge in [-0.05, 0) is 101 Å². The van der Waals surface area contributed by atoms with Crippen LogP contribution in [0.25, 0.3) is 0 Å². The summed E-state index contributed by atoms with van der Waals surface area (Å²) in [5, 5.41) is 14.9. The first-order valence-corrected chi connectivity index (χ1v) is 22.0. The summed E-state index contributed by atoms with van der Waals surface area (Å²) in [6, 6.07) is 18.4. The molecule has 0 bridgehead atoms. The standard InChI is InChI=1S/C43H51N11O7S/c1-27-25-46-42(50-38(27)47-30-7-5-8-32(23-30)62(60,61)51-43(2,3)4)48-28-9-12-31(13-10-28)53-21-19-52(20-22-53)26-37(56)45-18-6-17-44-29-11-14-33-34(24-29)41(59)54(40(33)58)35-15-16-36(55)49-39(35)57/h5,7-14,23-25,35,44,51H,6,15-22,26H2,1-4H3,(H,45,56)(H,49,55,57)(H2,46,47,48,50). The number of aromatic nitrogens is 2. The number of rotatable bonds is 15. The quantitative estimate of drug-likeness (QED) is 0.0744. The Hall–Kier alpha value is -6.44. The van der Waals surface area contributed by atoms with Crippen molar-refractivity contribution in [3.8, 4) is 0 Å². The number of sulfonamides is 1. The molecule has 4 aromatic rings. The Morgan fingerprint density at radius 1 is 0.855 bits per heavy atom. The lowest BCUT2D eigenvalue weighted by molar-refractivity contribution is -0.136. The van der Waals surface area contributed by atoms with Gasteiger partial charge in [-0.25, -0.2) is 18.1 Å². The van der Waals surface area contributed by atoms with E-state index in [0.717, 1.165) is 48.0 Å². The van der Waals surface area contributed by atoms with Gasteiger partial charge in [0.1, 0.15) is 11.9 Å². The molecule has 2 fully saturated rings. The van der Waals surface area contributed by atoms with Gasteiger partial charge in [-0.2, -0.15) is 4.98 Å². The Balaban J connectivity index is 0.818. The second-order valence-corrected chi connectivity index (χ2v) is 18.2. The van der Waals surface area contributed by atoms with Gasteiger partial charge in [0, 0.05) is 85.7 Å².